The van der Waals surface area contributed by atoms with E-state index in [1.54, 1.807) is 32.6 Å². The summed E-state index contributed by atoms with van der Waals surface area (Å²) in [5.74, 6) is 1.13. The Kier molecular flexibility index (Phi) is 7.23. The number of ether oxygens (including phenoxy) is 1. The molecule has 26 heavy (non-hydrogen) atoms. The van der Waals surface area contributed by atoms with Crippen LogP contribution in [0.5, 0.6) is 5.75 Å². The van der Waals surface area contributed by atoms with Gasteiger partial charge in [-0.1, -0.05) is 12.1 Å². The molecule has 0 aliphatic heterocycles. The summed E-state index contributed by atoms with van der Waals surface area (Å²) in [5, 5.41) is 2.72. The number of furan rings is 1. The minimum atomic E-state index is -0.227. The van der Waals surface area contributed by atoms with Gasteiger partial charge in [0.05, 0.1) is 33.0 Å². The first-order chi connectivity index (χ1) is 12.5. The van der Waals surface area contributed by atoms with Crippen molar-refractivity contribution in [1.82, 2.24) is 15.1 Å². The van der Waals surface area contributed by atoms with Gasteiger partial charge in [-0.2, -0.15) is 0 Å². The molecule has 0 saturated carbocycles. The van der Waals surface area contributed by atoms with Gasteiger partial charge in [0, 0.05) is 13.6 Å². The molecule has 7 heteroatoms. The highest BCUT2D eigenvalue weighted by Gasteiger charge is 2.15. The largest absolute Gasteiger partial charge is 0.497 e. The molecule has 7 nitrogen and oxygen atoms in total. The topological polar surface area (TPSA) is 75.0 Å². The average molecular weight is 359 g/mol. The molecule has 0 unspecified atom stereocenters. The third-order valence-corrected chi connectivity index (χ3v) is 3.86. The van der Waals surface area contributed by atoms with Crippen LogP contribution < -0.4 is 10.1 Å². The second kappa shape index (κ2) is 9.62. The summed E-state index contributed by atoms with van der Waals surface area (Å²) in [7, 11) is 5.11. The Bertz CT molecular complexity index is 698. The zero-order chi connectivity index (χ0) is 18.9. The van der Waals surface area contributed by atoms with Crippen LogP contribution in [0.4, 0.5) is 0 Å². The molecule has 1 heterocycles. The zero-order valence-electron chi connectivity index (χ0n) is 15.4. The number of nitrogens with one attached hydrogen (secondary N) is 1. The van der Waals surface area contributed by atoms with Gasteiger partial charge in [0.2, 0.25) is 11.8 Å². The van der Waals surface area contributed by atoms with Crippen molar-refractivity contribution in [2.45, 2.75) is 13.1 Å². The Labute approximate surface area is 153 Å². The van der Waals surface area contributed by atoms with Crippen molar-refractivity contribution in [2.75, 3.05) is 34.3 Å². The first kappa shape index (κ1) is 19.5. The van der Waals surface area contributed by atoms with Crippen LogP contribution in [0.1, 0.15) is 11.3 Å². The van der Waals surface area contributed by atoms with E-state index in [1.165, 1.54) is 4.90 Å². The molecule has 0 radical (unpaired) electrons. The van der Waals surface area contributed by atoms with Crippen LogP contribution >= 0.6 is 0 Å². The molecule has 1 aromatic heterocycles. The second-order valence-corrected chi connectivity index (χ2v) is 6.13. The molecule has 0 spiro atoms. The lowest BCUT2D eigenvalue weighted by atomic mass is 10.2. The van der Waals surface area contributed by atoms with E-state index in [0.717, 1.165) is 11.3 Å². The maximum absolute atomic E-state index is 12.3. The Morgan fingerprint density at radius 3 is 2.46 bits per heavy atom. The lowest BCUT2D eigenvalue weighted by Crippen LogP contribution is -2.42. The summed E-state index contributed by atoms with van der Waals surface area (Å²) in [4.78, 5) is 27.5. The monoisotopic (exact) mass is 359 g/mol. The summed E-state index contributed by atoms with van der Waals surface area (Å²) >= 11 is 0. The van der Waals surface area contributed by atoms with Crippen molar-refractivity contribution >= 4 is 11.8 Å². The smallest absolute Gasteiger partial charge is 0.239 e. The van der Waals surface area contributed by atoms with Crippen LogP contribution in [0.25, 0.3) is 0 Å². The van der Waals surface area contributed by atoms with Gasteiger partial charge < -0.3 is 19.4 Å². The SMILES string of the molecule is COc1ccc(CN(C)CC(=O)N(C)CC(=O)NCc2ccco2)cc1. The van der Waals surface area contributed by atoms with E-state index < -0.39 is 0 Å². The first-order valence-corrected chi connectivity index (χ1v) is 8.32. The van der Waals surface area contributed by atoms with Gasteiger partial charge in [0.15, 0.2) is 0 Å². The van der Waals surface area contributed by atoms with E-state index in [9.17, 15) is 9.59 Å². The Balaban J connectivity index is 1.73. The third-order valence-electron chi connectivity index (χ3n) is 3.86. The van der Waals surface area contributed by atoms with Crippen LogP contribution in [0, 0.1) is 0 Å². The first-order valence-electron chi connectivity index (χ1n) is 8.32. The van der Waals surface area contributed by atoms with E-state index in [-0.39, 0.29) is 24.9 Å². The molecule has 0 atom stereocenters. The van der Waals surface area contributed by atoms with Crippen LogP contribution in [0.3, 0.4) is 0 Å². The second-order valence-electron chi connectivity index (χ2n) is 6.13. The number of nitrogens with zero attached hydrogens (tertiary/aromatic N) is 2. The molecule has 2 aromatic rings. The molecular weight excluding hydrogens is 334 g/mol. The number of carbonyl (C=O) groups excluding carboxylic acids is 2. The van der Waals surface area contributed by atoms with Gasteiger partial charge in [-0.05, 0) is 36.9 Å². The van der Waals surface area contributed by atoms with E-state index >= 15 is 0 Å². The Hall–Kier alpha value is -2.80. The highest BCUT2D eigenvalue weighted by atomic mass is 16.5. The van der Waals surface area contributed by atoms with E-state index in [4.69, 9.17) is 9.15 Å². The maximum Gasteiger partial charge on any atom is 0.239 e. The quantitative estimate of drug-likeness (QED) is 0.734. The van der Waals surface area contributed by atoms with Gasteiger partial charge in [-0.25, -0.2) is 0 Å². The van der Waals surface area contributed by atoms with Crippen molar-refractivity contribution < 1.29 is 18.7 Å². The molecule has 1 N–H and O–H groups in total. The molecule has 0 saturated heterocycles. The summed E-state index contributed by atoms with van der Waals surface area (Å²) < 4.78 is 10.3. The molecule has 0 bridgehead atoms. The normalized spacial score (nSPS) is 10.6. The Morgan fingerprint density at radius 1 is 1.12 bits per heavy atom. The molecular formula is C19H25N3O4. The van der Waals surface area contributed by atoms with Crippen LogP contribution in [-0.4, -0.2) is 55.9 Å². The van der Waals surface area contributed by atoms with Crippen LogP contribution in [0.2, 0.25) is 0 Å². The van der Waals surface area contributed by atoms with Crippen molar-refractivity contribution in [2.24, 2.45) is 0 Å². The van der Waals surface area contributed by atoms with E-state index in [2.05, 4.69) is 5.32 Å². The van der Waals surface area contributed by atoms with Gasteiger partial charge in [0.25, 0.3) is 0 Å². The fraction of sp³-hybridized carbons (Fsp3) is 0.368. The lowest BCUT2D eigenvalue weighted by Gasteiger charge is -2.21. The van der Waals surface area contributed by atoms with Gasteiger partial charge in [-0.15, -0.1) is 0 Å². The minimum absolute atomic E-state index is 0.00984. The zero-order valence-corrected chi connectivity index (χ0v) is 15.4. The van der Waals surface area contributed by atoms with Gasteiger partial charge in [-0.3, -0.25) is 14.5 Å². The van der Waals surface area contributed by atoms with Crippen molar-refractivity contribution in [3.8, 4) is 5.75 Å². The summed E-state index contributed by atoms with van der Waals surface area (Å²) in [6, 6.07) is 11.2. The van der Waals surface area contributed by atoms with Crippen molar-refractivity contribution in [1.29, 1.82) is 0 Å². The number of likely N-dealkylation sites (N-methyl/N-ethyl adjacent to an activating group) is 2. The predicted molar refractivity (Wildman–Crippen MR) is 97.5 cm³/mol. The standard InChI is InChI=1S/C19H25N3O4/c1-21(12-15-6-8-16(25-3)9-7-15)14-19(24)22(2)13-18(23)20-11-17-5-4-10-26-17/h4-10H,11-14H2,1-3H3,(H,20,23). The highest BCUT2D eigenvalue weighted by molar-refractivity contribution is 5.85. The Morgan fingerprint density at radius 2 is 1.85 bits per heavy atom. The molecule has 0 fully saturated rings. The highest BCUT2D eigenvalue weighted by Crippen LogP contribution is 2.12. The molecule has 0 aliphatic carbocycles. The molecule has 0 aliphatic rings. The van der Waals surface area contributed by atoms with E-state index in [0.29, 0.717) is 18.8 Å². The number of rotatable bonds is 9. The predicted octanol–water partition coefficient (Wildman–Crippen LogP) is 1.49. The van der Waals surface area contributed by atoms with Gasteiger partial charge in [0.1, 0.15) is 11.5 Å². The van der Waals surface area contributed by atoms with E-state index in [1.807, 2.05) is 36.2 Å². The average Bonchev–Trinajstić information content (AvgIpc) is 3.14. The van der Waals surface area contributed by atoms with Crippen LogP contribution in [-0.2, 0) is 22.7 Å². The minimum Gasteiger partial charge on any atom is -0.497 e. The van der Waals surface area contributed by atoms with Crippen molar-refractivity contribution in [3.63, 3.8) is 0 Å². The van der Waals surface area contributed by atoms with Crippen LogP contribution in [0.15, 0.2) is 47.1 Å². The number of hydrogen-bond donors (Lipinski definition) is 1. The lowest BCUT2D eigenvalue weighted by molar-refractivity contribution is -0.135. The molecule has 140 valence electrons. The number of hydrogen-bond acceptors (Lipinski definition) is 5. The number of amides is 2. The molecule has 2 rings (SSSR count). The number of methoxy groups -OCH3 is 1. The van der Waals surface area contributed by atoms with Crippen molar-refractivity contribution in [3.05, 3.63) is 54.0 Å². The molecule has 2 amide bonds. The summed E-state index contributed by atoms with van der Waals surface area (Å²) in [6.07, 6.45) is 1.55. The molecule has 1 aromatic carbocycles. The fourth-order valence-corrected chi connectivity index (χ4v) is 2.41. The summed E-state index contributed by atoms with van der Waals surface area (Å²) in [6.45, 7) is 1.18. The number of carbonyl (C=O) groups is 2. The number of benzene rings is 1. The third kappa shape index (κ3) is 6.25. The fourth-order valence-electron chi connectivity index (χ4n) is 2.41. The maximum atomic E-state index is 12.3. The summed E-state index contributed by atoms with van der Waals surface area (Å²) in [5.41, 5.74) is 1.08. The van der Waals surface area contributed by atoms with Gasteiger partial charge >= 0.3 is 0 Å².